The first kappa shape index (κ1) is 16.4. The van der Waals surface area contributed by atoms with Gasteiger partial charge >= 0.3 is 0 Å². The van der Waals surface area contributed by atoms with E-state index in [1.54, 1.807) is 4.90 Å². The van der Waals surface area contributed by atoms with Crippen molar-refractivity contribution in [2.45, 2.75) is 31.7 Å². The molecule has 1 aliphatic heterocycles. The molecule has 0 radical (unpaired) electrons. The Balaban J connectivity index is 2.21. The highest BCUT2D eigenvalue weighted by Gasteiger charge is 2.20. The standard InChI is InChI=1S/C14H29N3O2/c1-15-8-6-13(7-9-15)16(2)10-11-17(3)14(19)5-4-12-18/h13,18H,4-12H2,1-3H3. The Morgan fingerprint density at radius 1 is 1.26 bits per heavy atom. The van der Waals surface area contributed by atoms with Crippen molar-refractivity contribution in [1.82, 2.24) is 14.7 Å². The first-order chi connectivity index (χ1) is 9.04. The number of carbonyl (C=O) groups excluding carboxylic acids is 1. The van der Waals surface area contributed by atoms with Crippen LogP contribution in [-0.4, -0.2) is 85.7 Å². The van der Waals surface area contributed by atoms with Crippen molar-refractivity contribution >= 4 is 5.91 Å². The molecule has 19 heavy (non-hydrogen) atoms. The number of hydrogen-bond donors (Lipinski definition) is 1. The summed E-state index contributed by atoms with van der Waals surface area (Å²) in [6.07, 6.45) is 3.45. The molecule has 112 valence electrons. The van der Waals surface area contributed by atoms with E-state index in [0.717, 1.165) is 13.1 Å². The molecule has 1 rings (SSSR count). The number of rotatable bonds is 7. The van der Waals surface area contributed by atoms with E-state index in [1.807, 2.05) is 7.05 Å². The highest BCUT2D eigenvalue weighted by Crippen LogP contribution is 2.13. The van der Waals surface area contributed by atoms with Crippen LogP contribution in [0.15, 0.2) is 0 Å². The quantitative estimate of drug-likeness (QED) is 0.721. The zero-order valence-corrected chi connectivity index (χ0v) is 12.6. The van der Waals surface area contributed by atoms with E-state index in [2.05, 4.69) is 23.9 Å². The van der Waals surface area contributed by atoms with Crippen molar-refractivity contribution in [2.24, 2.45) is 0 Å². The van der Waals surface area contributed by atoms with Gasteiger partial charge < -0.3 is 19.8 Å². The molecule has 0 unspecified atom stereocenters. The van der Waals surface area contributed by atoms with Crippen molar-refractivity contribution in [1.29, 1.82) is 0 Å². The maximum absolute atomic E-state index is 11.7. The number of hydrogen-bond acceptors (Lipinski definition) is 4. The summed E-state index contributed by atoms with van der Waals surface area (Å²) in [7, 11) is 6.17. The molecule has 1 aliphatic rings. The normalized spacial score (nSPS) is 17.9. The van der Waals surface area contributed by atoms with Crippen LogP contribution in [0, 0.1) is 0 Å². The molecule has 0 aromatic rings. The lowest BCUT2D eigenvalue weighted by Gasteiger charge is -2.35. The summed E-state index contributed by atoms with van der Waals surface area (Å²) in [5.41, 5.74) is 0. The first-order valence-electron chi connectivity index (χ1n) is 7.28. The number of aliphatic hydroxyl groups is 1. The minimum atomic E-state index is 0.0923. The lowest BCUT2D eigenvalue weighted by Crippen LogP contribution is -2.44. The third-order valence-corrected chi connectivity index (χ3v) is 4.07. The fraction of sp³-hybridized carbons (Fsp3) is 0.929. The molecule has 0 spiro atoms. The van der Waals surface area contributed by atoms with Crippen LogP contribution in [0.3, 0.4) is 0 Å². The Hall–Kier alpha value is -0.650. The number of amides is 1. The summed E-state index contributed by atoms with van der Waals surface area (Å²) in [5, 5.41) is 8.72. The van der Waals surface area contributed by atoms with Gasteiger partial charge in [0.2, 0.25) is 5.91 Å². The van der Waals surface area contributed by atoms with Gasteiger partial charge in [0.25, 0.3) is 0 Å². The second-order valence-electron chi connectivity index (χ2n) is 5.66. The van der Waals surface area contributed by atoms with E-state index in [0.29, 0.717) is 18.9 Å². The zero-order valence-electron chi connectivity index (χ0n) is 12.6. The Morgan fingerprint density at radius 3 is 2.47 bits per heavy atom. The SMILES string of the molecule is CN1CCC(N(C)CCN(C)C(=O)CCCO)CC1. The average molecular weight is 271 g/mol. The monoisotopic (exact) mass is 271 g/mol. The number of aliphatic hydroxyl groups excluding tert-OH is 1. The van der Waals surface area contributed by atoms with Crippen LogP contribution in [-0.2, 0) is 4.79 Å². The molecular formula is C14H29N3O2. The van der Waals surface area contributed by atoms with Gasteiger partial charge in [0.05, 0.1) is 0 Å². The smallest absolute Gasteiger partial charge is 0.222 e. The van der Waals surface area contributed by atoms with E-state index in [9.17, 15) is 4.79 Å². The van der Waals surface area contributed by atoms with Crippen LogP contribution >= 0.6 is 0 Å². The van der Waals surface area contributed by atoms with E-state index < -0.39 is 0 Å². The summed E-state index contributed by atoms with van der Waals surface area (Å²) >= 11 is 0. The highest BCUT2D eigenvalue weighted by atomic mass is 16.3. The number of piperidine rings is 1. The number of likely N-dealkylation sites (N-methyl/N-ethyl adjacent to an activating group) is 2. The largest absolute Gasteiger partial charge is 0.396 e. The second-order valence-corrected chi connectivity index (χ2v) is 5.66. The van der Waals surface area contributed by atoms with Crippen molar-refractivity contribution in [2.75, 3.05) is 53.9 Å². The molecule has 0 aromatic heterocycles. The van der Waals surface area contributed by atoms with Gasteiger partial charge in [-0.2, -0.15) is 0 Å². The molecule has 0 aliphatic carbocycles. The minimum Gasteiger partial charge on any atom is -0.396 e. The van der Waals surface area contributed by atoms with Crippen LogP contribution in [0.1, 0.15) is 25.7 Å². The Bertz CT molecular complexity index is 265. The van der Waals surface area contributed by atoms with Crippen LogP contribution in [0.25, 0.3) is 0 Å². The Labute approximate surface area is 117 Å². The predicted molar refractivity (Wildman–Crippen MR) is 77.1 cm³/mol. The Kier molecular flexibility index (Phi) is 7.34. The molecule has 5 heteroatoms. The summed E-state index contributed by atoms with van der Waals surface area (Å²) in [6, 6.07) is 0.650. The second kappa shape index (κ2) is 8.51. The Morgan fingerprint density at radius 2 is 1.89 bits per heavy atom. The van der Waals surface area contributed by atoms with Crippen LogP contribution in [0.4, 0.5) is 0 Å². The summed E-state index contributed by atoms with van der Waals surface area (Å²) in [4.78, 5) is 18.2. The minimum absolute atomic E-state index is 0.0923. The van der Waals surface area contributed by atoms with Crippen molar-refractivity contribution < 1.29 is 9.90 Å². The number of carbonyl (C=O) groups is 1. The van der Waals surface area contributed by atoms with Gasteiger partial charge in [-0.15, -0.1) is 0 Å². The van der Waals surface area contributed by atoms with Gasteiger partial charge in [-0.1, -0.05) is 0 Å². The first-order valence-corrected chi connectivity index (χ1v) is 7.28. The van der Waals surface area contributed by atoms with E-state index in [-0.39, 0.29) is 12.5 Å². The summed E-state index contributed by atoms with van der Waals surface area (Å²) < 4.78 is 0. The zero-order chi connectivity index (χ0) is 14.3. The molecular weight excluding hydrogens is 242 g/mol. The van der Waals surface area contributed by atoms with Crippen LogP contribution < -0.4 is 0 Å². The molecule has 1 N–H and O–H groups in total. The maximum Gasteiger partial charge on any atom is 0.222 e. The molecule has 0 bridgehead atoms. The lowest BCUT2D eigenvalue weighted by molar-refractivity contribution is -0.130. The third-order valence-electron chi connectivity index (χ3n) is 4.07. The van der Waals surface area contributed by atoms with E-state index in [4.69, 9.17) is 5.11 Å². The van der Waals surface area contributed by atoms with E-state index >= 15 is 0 Å². The number of nitrogens with zero attached hydrogens (tertiary/aromatic N) is 3. The van der Waals surface area contributed by atoms with E-state index in [1.165, 1.54) is 25.9 Å². The van der Waals surface area contributed by atoms with Gasteiger partial charge in [0, 0.05) is 39.2 Å². The van der Waals surface area contributed by atoms with Gasteiger partial charge in [-0.3, -0.25) is 4.79 Å². The van der Waals surface area contributed by atoms with Crippen molar-refractivity contribution in [3.63, 3.8) is 0 Å². The van der Waals surface area contributed by atoms with Crippen molar-refractivity contribution in [3.05, 3.63) is 0 Å². The fourth-order valence-electron chi connectivity index (χ4n) is 2.47. The van der Waals surface area contributed by atoms with Crippen LogP contribution in [0.2, 0.25) is 0 Å². The van der Waals surface area contributed by atoms with Crippen molar-refractivity contribution in [3.8, 4) is 0 Å². The summed E-state index contributed by atoms with van der Waals surface area (Å²) in [6.45, 7) is 4.12. The summed E-state index contributed by atoms with van der Waals surface area (Å²) in [5.74, 6) is 0.130. The number of likely N-dealkylation sites (tertiary alicyclic amines) is 1. The maximum atomic E-state index is 11.7. The molecule has 5 nitrogen and oxygen atoms in total. The fourth-order valence-corrected chi connectivity index (χ4v) is 2.47. The van der Waals surface area contributed by atoms with Gasteiger partial charge in [-0.25, -0.2) is 0 Å². The molecule has 1 heterocycles. The van der Waals surface area contributed by atoms with Gasteiger partial charge in [0.15, 0.2) is 0 Å². The predicted octanol–water partition coefficient (Wildman–Crippen LogP) is 0.243. The third kappa shape index (κ3) is 5.89. The topological polar surface area (TPSA) is 47.0 Å². The average Bonchev–Trinajstić information content (AvgIpc) is 2.42. The molecule has 1 fully saturated rings. The molecule has 1 amide bonds. The lowest BCUT2D eigenvalue weighted by atomic mass is 10.0. The van der Waals surface area contributed by atoms with Gasteiger partial charge in [0.1, 0.15) is 0 Å². The van der Waals surface area contributed by atoms with Gasteiger partial charge in [-0.05, 0) is 46.4 Å². The molecule has 1 saturated heterocycles. The highest BCUT2D eigenvalue weighted by molar-refractivity contribution is 5.75. The molecule has 0 saturated carbocycles. The molecule has 0 atom stereocenters. The molecule has 0 aromatic carbocycles. The van der Waals surface area contributed by atoms with Crippen LogP contribution in [0.5, 0.6) is 0 Å².